The Labute approximate surface area is 174 Å². The Balaban J connectivity index is 1.61. The number of hydrogen-bond acceptors (Lipinski definition) is 4. The second-order valence-corrected chi connectivity index (χ2v) is 7.93. The first-order chi connectivity index (χ1) is 13.5. The first-order valence-electron chi connectivity index (χ1n) is 8.30. The Hall–Kier alpha value is -2.67. The van der Waals surface area contributed by atoms with E-state index in [1.807, 2.05) is 18.2 Å². The van der Waals surface area contributed by atoms with Gasteiger partial charge in [-0.3, -0.25) is 14.2 Å². The number of thiophene rings is 1. The van der Waals surface area contributed by atoms with E-state index in [0.29, 0.717) is 25.9 Å². The molecule has 0 saturated carbocycles. The summed E-state index contributed by atoms with van der Waals surface area (Å²) in [6, 6.07) is 16.2. The van der Waals surface area contributed by atoms with Crippen LogP contribution in [0.3, 0.4) is 0 Å². The number of hydrogen-bond donors (Lipinski definition) is 1. The lowest BCUT2D eigenvalue weighted by Crippen LogP contribution is -2.27. The number of rotatable bonds is 4. The van der Waals surface area contributed by atoms with Crippen LogP contribution in [0.1, 0.15) is 0 Å². The third-order valence-electron chi connectivity index (χ3n) is 4.09. The monoisotopic (exact) mass is 429 g/mol. The molecular weight excluding hydrogens is 417 g/mol. The third kappa shape index (κ3) is 3.80. The number of carbonyl (C=O) groups is 1. The molecule has 0 unspecified atom stereocenters. The lowest BCUT2D eigenvalue weighted by atomic mass is 10.2. The van der Waals surface area contributed by atoms with Crippen LogP contribution in [0.25, 0.3) is 20.7 Å². The zero-order valence-corrected chi connectivity index (χ0v) is 16.7. The molecule has 1 N–H and O–H groups in total. The highest BCUT2D eigenvalue weighted by Crippen LogP contribution is 2.31. The Morgan fingerprint density at radius 1 is 1.11 bits per heavy atom. The molecule has 28 heavy (non-hydrogen) atoms. The molecule has 0 bridgehead atoms. The molecule has 0 aliphatic heterocycles. The number of fused-ring (bicyclic) bond motifs is 1. The maximum Gasteiger partial charge on any atom is 0.271 e. The van der Waals surface area contributed by atoms with Crippen LogP contribution in [0.4, 0.5) is 5.69 Å². The molecule has 0 aliphatic rings. The molecule has 0 spiro atoms. The van der Waals surface area contributed by atoms with Crippen molar-refractivity contribution in [2.45, 2.75) is 6.54 Å². The van der Waals surface area contributed by atoms with Gasteiger partial charge in [-0.1, -0.05) is 47.5 Å². The summed E-state index contributed by atoms with van der Waals surface area (Å²) in [6.45, 7) is -0.152. The van der Waals surface area contributed by atoms with Gasteiger partial charge in [-0.25, -0.2) is 4.98 Å². The second kappa shape index (κ2) is 7.75. The van der Waals surface area contributed by atoms with E-state index in [2.05, 4.69) is 10.3 Å². The normalized spacial score (nSPS) is 10.9. The van der Waals surface area contributed by atoms with Crippen LogP contribution >= 0.6 is 34.5 Å². The van der Waals surface area contributed by atoms with Gasteiger partial charge in [-0.05, 0) is 35.9 Å². The minimum absolute atomic E-state index is 0.152. The molecule has 0 saturated heterocycles. The molecule has 4 aromatic rings. The molecule has 8 heteroatoms. The molecule has 4 rings (SSSR count). The number of carbonyl (C=O) groups excluding carboxylic acids is 1. The molecule has 140 valence electrons. The van der Waals surface area contributed by atoms with Gasteiger partial charge in [-0.15, -0.1) is 11.3 Å². The number of halogens is 2. The van der Waals surface area contributed by atoms with Crippen molar-refractivity contribution in [3.63, 3.8) is 0 Å². The predicted octanol–water partition coefficient (Wildman–Crippen LogP) is 5.07. The van der Waals surface area contributed by atoms with Crippen molar-refractivity contribution >= 4 is 56.3 Å². The minimum Gasteiger partial charge on any atom is -0.323 e. The predicted molar refractivity (Wildman–Crippen MR) is 114 cm³/mol. The number of benzene rings is 2. The summed E-state index contributed by atoms with van der Waals surface area (Å²) in [5.41, 5.74) is 1.79. The molecular formula is C20H13Cl2N3O2S. The fraction of sp³-hybridized carbons (Fsp3) is 0.0500. The van der Waals surface area contributed by atoms with Gasteiger partial charge in [0.05, 0.1) is 22.6 Å². The molecule has 0 atom stereocenters. The van der Waals surface area contributed by atoms with Crippen LogP contribution in [0.5, 0.6) is 0 Å². The standard InChI is InChI=1S/C20H13Cl2N3O2S/c21-13-7-5-12(6-8-13)17-9-16-19(28-17)20(27)25(11-23-16)10-18(26)24-15-4-2-1-3-14(15)22/h1-9,11H,10H2,(H,24,26). The first-order valence-corrected chi connectivity index (χ1v) is 9.88. The van der Waals surface area contributed by atoms with Crippen LogP contribution in [0.15, 0.2) is 65.7 Å². The number of nitrogens with zero attached hydrogens (tertiary/aromatic N) is 2. The van der Waals surface area contributed by atoms with Crippen LogP contribution in [0, 0.1) is 0 Å². The quantitative estimate of drug-likeness (QED) is 0.492. The van der Waals surface area contributed by atoms with E-state index in [4.69, 9.17) is 23.2 Å². The topological polar surface area (TPSA) is 64.0 Å². The number of para-hydroxylation sites is 1. The lowest BCUT2D eigenvalue weighted by molar-refractivity contribution is -0.116. The molecule has 0 radical (unpaired) electrons. The minimum atomic E-state index is -0.356. The summed E-state index contributed by atoms with van der Waals surface area (Å²) in [5, 5.41) is 3.78. The van der Waals surface area contributed by atoms with E-state index in [1.54, 1.807) is 36.4 Å². The second-order valence-electron chi connectivity index (χ2n) is 6.04. The van der Waals surface area contributed by atoms with Gasteiger partial charge >= 0.3 is 0 Å². The van der Waals surface area contributed by atoms with Crippen molar-refractivity contribution in [3.05, 3.63) is 81.3 Å². The van der Waals surface area contributed by atoms with Crippen molar-refractivity contribution in [2.24, 2.45) is 0 Å². The van der Waals surface area contributed by atoms with Crippen molar-refractivity contribution in [1.82, 2.24) is 9.55 Å². The fourth-order valence-corrected chi connectivity index (χ4v) is 4.10. The molecule has 1 amide bonds. The van der Waals surface area contributed by atoms with E-state index in [9.17, 15) is 9.59 Å². The lowest BCUT2D eigenvalue weighted by Gasteiger charge is -2.08. The summed E-state index contributed by atoms with van der Waals surface area (Å²) < 4.78 is 1.79. The van der Waals surface area contributed by atoms with Gasteiger partial charge in [-0.2, -0.15) is 0 Å². The Morgan fingerprint density at radius 2 is 1.86 bits per heavy atom. The zero-order valence-electron chi connectivity index (χ0n) is 14.4. The maximum atomic E-state index is 12.8. The highest BCUT2D eigenvalue weighted by molar-refractivity contribution is 7.22. The van der Waals surface area contributed by atoms with E-state index in [0.717, 1.165) is 10.4 Å². The smallest absolute Gasteiger partial charge is 0.271 e. The van der Waals surface area contributed by atoms with Crippen LogP contribution < -0.4 is 10.9 Å². The maximum absolute atomic E-state index is 12.8. The van der Waals surface area contributed by atoms with Gasteiger partial charge < -0.3 is 5.32 Å². The number of anilines is 1. The van der Waals surface area contributed by atoms with Crippen molar-refractivity contribution < 1.29 is 4.79 Å². The highest BCUT2D eigenvalue weighted by atomic mass is 35.5. The van der Waals surface area contributed by atoms with Gasteiger partial charge in [0.25, 0.3) is 5.56 Å². The summed E-state index contributed by atoms with van der Waals surface area (Å²) in [6.07, 6.45) is 1.38. The van der Waals surface area contributed by atoms with Gasteiger partial charge in [0.2, 0.25) is 5.91 Å². The first kappa shape index (κ1) is 18.7. The van der Waals surface area contributed by atoms with E-state index < -0.39 is 0 Å². The van der Waals surface area contributed by atoms with Gasteiger partial charge in [0, 0.05) is 9.90 Å². The summed E-state index contributed by atoms with van der Waals surface area (Å²) in [4.78, 5) is 30.3. The Bertz CT molecular complexity index is 1230. The zero-order chi connectivity index (χ0) is 19.7. The highest BCUT2D eigenvalue weighted by Gasteiger charge is 2.13. The van der Waals surface area contributed by atoms with Crippen molar-refractivity contribution in [1.29, 1.82) is 0 Å². The average molecular weight is 430 g/mol. The van der Waals surface area contributed by atoms with Gasteiger partial charge in [0.1, 0.15) is 11.2 Å². The van der Waals surface area contributed by atoms with Gasteiger partial charge in [0.15, 0.2) is 0 Å². The van der Waals surface area contributed by atoms with Crippen LogP contribution in [-0.4, -0.2) is 15.5 Å². The Morgan fingerprint density at radius 3 is 2.61 bits per heavy atom. The Kier molecular flexibility index (Phi) is 5.17. The molecule has 0 aliphatic carbocycles. The molecule has 0 fully saturated rings. The number of amides is 1. The molecule has 5 nitrogen and oxygen atoms in total. The summed E-state index contributed by atoms with van der Waals surface area (Å²) in [7, 11) is 0. The van der Waals surface area contributed by atoms with Crippen LogP contribution in [0.2, 0.25) is 10.0 Å². The summed E-state index contributed by atoms with van der Waals surface area (Å²) >= 11 is 13.3. The number of aromatic nitrogens is 2. The van der Waals surface area contributed by atoms with E-state index in [1.165, 1.54) is 22.2 Å². The summed E-state index contributed by atoms with van der Waals surface area (Å²) in [5.74, 6) is -0.356. The average Bonchev–Trinajstić information content (AvgIpc) is 3.12. The molecule has 2 aromatic carbocycles. The van der Waals surface area contributed by atoms with Crippen LogP contribution in [-0.2, 0) is 11.3 Å². The number of nitrogens with one attached hydrogen (secondary N) is 1. The molecule has 2 heterocycles. The van der Waals surface area contributed by atoms with Crippen molar-refractivity contribution in [3.8, 4) is 10.4 Å². The largest absolute Gasteiger partial charge is 0.323 e. The third-order valence-corrected chi connectivity index (χ3v) is 5.84. The van der Waals surface area contributed by atoms with Crippen molar-refractivity contribution in [2.75, 3.05) is 5.32 Å². The SMILES string of the molecule is O=C(Cn1cnc2cc(-c3ccc(Cl)cc3)sc2c1=O)Nc1ccccc1Cl. The van der Waals surface area contributed by atoms with E-state index >= 15 is 0 Å². The van der Waals surface area contributed by atoms with E-state index in [-0.39, 0.29) is 18.0 Å². The fourth-order valence-electron chi connectivity index (χ4n) is 2.72. The molecule has 2 aromatic heterocycles.